The average Bonchev–Trinajstić information content (AvgIpc) is 3.02. The largest absolute Gasteiger partial charge is 0.311 e. The molecule has 4 heteroatoms. The van der Waals surface area contributed by atoms with Crippen molar-refractivity contribution in [1.29, 1.82) is 5.26 Å². The van der Waals surface area contributed by atoms with Gasteiger partial charge in [-0.1, -0.05) is 17.7 Å². The molecule has 0 atom stereocenters. The number of hydrogen-bond donors (Lipinski definition) is 0. The highest BCUT2D eigenvalue weighted by molar-refractivity contribution is 6.31. The van der Waals surface area contributed by atoms with Crippen LogP contribution in [0.2, 0.25) is 5.02 Å². The van der Waals surface area contributed by atoms with Crippen LogP contribution in [0.5, 0.6) is 0 Å². The summed E-state index contributed by atoms with van der Waals surface area (Å²) in [6, 6.07) is 7.82. The Labute approximate surface area is 111 Å². The van der Waals surface area contributed by atoms with E-state index in [1.165, 1.54) is 0 Å². The van der Waals surface area contributed by atoms with Gasteiger partial charge >= 0.3 is 0 Å². The number of fused-ring (bicyclic) bond motifs is 1. The molecule has 0 radical (unpaired) electrons. The predicted octanol–water partition coefficient (Wildman–Crippen LogP) is 2.92. The Morgan fingerprint density at radius 3 is 2.89 bits per heavy atom. The highest BCUT2D eigenvalue weighted by atomic mass is 35.5. The van der Waals surface area contributed by atoms with E-state index in [9.17, 15) is 4.79 Å². The number of anilines is 1. The molecule has 2 aliphatic rings. The number of carbonyl (C=O) groups is 1. The molecular weight excluding hydrogens is 248 g/mol. The summed E-state index contributed by atoms with van der Waals surface area (Å²) in [7, 11) is 0. The van der Waals surface area contributed by atoms with E-state index in [2.05, 4.69) is 6.07 Å². The van der Waals surface area contributed by atoms with E-state index >= 15 is 0 Å². The Hall–Kier alpha value is -1.53. The molecule has 0 spiro atoms. The lowest BCUT2D eigenvalue weighted by molar-refractivity contribution is -0.117. The first-order valence-corrected chi connectivity index (χ1v) is 6.47. The zero-order valence-electron chi connectivity index (χ0n) is 9.95. The van der Waals surface area contributed by atoms with Crippen LogP contribution >= 0.6 is 11.6 Å². The average molecular weight is 261 g/mol. The topological polar surface area (TPSA) is 44.1 Å². The molecule has 1 saturated carbocycles. The molecule has 1 aromatic rings. The minimum absolute atomic E-state index is 0.0360. The molecule has 1 aliphatic carbocycles. The summed E-state index contributed by atoms with van der Waals surface area (Å²) in [6.45, 7) is 0.659. The van der Waals surface area contributed by atoms with Gasteiger partial charge in [0.1, 0.15) is 0 Å². The summed E-state index contributed by atoms with van der Waals surface area (Å²) in [5.41, 5.74) is 2.00. The van der Waals surface area contributed by atoms with Crippen LogP contribution in [0.25, 0.3) is 0 Å². The summed E-state index contributed by atoms with van der Waals surface area (Å²) >= 11 is 5.99. The fourth-order valence-electron chi connectivity index (χ4n) is 2.57. The maximum atomic E-state index is 12.1. The zero-order chi connectivity index (χ0) is 12.8. The van der Waals surface area contributed by atoms with Gasteiger partial charge in [-0.2, -0.15) is 5.26 Å². The van der Waals surface area contributed by atoms with Gasteiger partial charge in [0.2, 0.25) is 5.91 Å². The van der Waals surface area contributed by atoms with Crippen molar-refractivity contribution in [2.24, 2.45) is 5.41 Å². The Morgan fingerprint density at radius 2 is 2.22 bits per heavy atom. The molecule has 18 heavy (non-hydrogen) atoms. The van der Waals surface area contributed by atoms with Crippen molar-refractivity contribution in [3.63, 3.8) is 0 Å². The molecule has 0 bridgehead atoms. The van der Waals surface area contributed by atoms with Gasteiger partial charge < -0.3 is 4.90 Å². The van der Waals surface area contributed by atoms with E-state index in [4.69, 9.17) is 16.9 Å². The molecule has 1 amide bonds. The number of hydrogen-bond acceptors (Lipinski definition) is 2. The van der Waals surface area contributed by atoms with Crippen LogP contribution in [0.4, 0.5) is 5.69 Å². The first kappa shape index (κ1) is 11.6. The van der Waals surface area contributed by atoms with E-state index in [-0.39, 0.29) is 11.3 Å². The fourth-order valence-corrected chi connectivity index (χ4v) is 2.74. The van der Waals surface area contributed by atoms with Gasteiger partial charge in [-0.05, 0) is 30.5 Å². The first-order chi connectivity index (χ1) is 8.63. The molecule has 0 aromatic heterocycles. The minimum Gasteiger partial charge on any atom is -0.311 e. The fraction of sp³-hybridized carbons (Fsp3) is 0.429. The van der Waals surface area contributed by atoms with Gasteiger partial charge in [0.25, 0.3) is 0 Å². The van der Waals surface area contributed by atoms with Crippen LogP contribution in [0.15, 0.2) is 18.2 Å². The second-order valence-electron chi connectivity index (χ2n) is 5.26. The van der Waals surface area contributed by atoms with Gasteiger partial charge in [-0.25, -0.2) is 0 Å². The maximum Gasteiger partial charge on any atom is 0.231 e. The van der Waals surface area contributed by atoms with Crippen LogP contribution in [-0.2, 0) is 11.2 Å². The molecule has 1 aliphatic heterocycles. The molecule has 0 N–H and O–H groups in total. The smallest absolute Gasteiger partial charge is 0.231 e. The number of halogens is 1. The molecule has 92 valence electrons. The lowest BCUT2D eigenvalue weighted by atomic mass is 10.0. The third-order valence-electron chi connectivity index (χ3n) is 3.89. The van der Waals surface area contributed by atoms with Crippen molar-refractivity contribution < 1.29 is 4.79 Å². The standard InChI is InChI=1S/C14H13ClN2O/c15-11-2-1-10-7-13(18)17(12(10)8-11)9-14(3-4-14)5-6-16/h1-2,8H,3-5,7,9H2. The summed E-state index contributed by atoms with van der Waals surface area (Å²) in [4.78, 5) is 13.9. The number of amides is 1. The van der Waals surface area contributed by atoms with E-state index in [0.717, 1.165) is 24.1 Å². The lowest BCUT2D eigenvalue weighted by Gasteiger charge is -2.22. The third kappa shape index (κ3) is 1.87. The van der Waals surface area contributed by atoms with Crippen LogP contribution in [0, 0.1) is 16.7 Å². The Bertz CT molecular complexity index is 557. The molecule has 3 nitrogen and oxygen atoms in total. The monoisotopic (exact) mass is 260 g/mol. The van der Waals surface area contributed by atoms with Crippen molar-refractivity contribution in [3.8, 4) is 6.07 Å². The number of rotatable bonds is 3. The van der Waals surface area contributed by atoms with Crippen molar-refractivity contribution in [2.45, 2.75) is 25.7 Å². The molecule has 1 fully saturated rings. The zero-order valence-corrected chi connectivity index (χ0v) is 10.7. The van der Waals surface area contributed by atoms with Gasteiger partial charge in [0.15, 0.2) is 0 Å². The van der Waals surface area contributed by atoms with E-state index in [0.29, 0.717) is 24.4 Å². The second kappa shape index (κ2) is 4.00. The van der Waals surface area contributed by atoms with Crippen LogP contribution in [-0.4, -0.2) is 12.5 Å². The van der Waals surface area contributed by atoms with Gasteiger partial charge in [0.05, 0.1) is 12.5 Å². The summed E-state index contributed by atoms with van der Waals surface area (Å²) < 4.78 is 0. The highest BCUT2D eigenvalue weighted by Crippen LogP contribution is 2.50. The van der Waals surface area contributed by atoms with Crippen LogP contribution < -0.4 is 4.90 Å². The predicted molar refractivity (Wildman–Crippen MR) is 69.4 cm³/mol. The first-order valence-electron chi connectivity index (χ1n) is 6.09. The third-order valence-corrected chi connectivity index (χ3v) is 4.12. The number of nitrogens with zero attached hydrogens (tertiary/aromatic N) is 2. The molecule has 3 rings (SSSR count). The van der Waals surface area contributed by atoms with Crippen LogP contribution in [0.1, 0.15) is 24.8 Å². The molecule has 1 aromatic carbocycles. The van der Waals surface area contributed by atoms with Crippen LogP contribution in [0.3, 0.4) is 0 Å². The van der Waals surface area contributed by atoms with Gasteiger partial charge in [-0.3, -0.25) is 4.79 Å². The number of carbonyl (C=O) groups excluding carboxylic acids is 1. The number of nitriles is 1. The quantitative estimate of drug-likeness (QED) is 0.839. The normalized spacial score (nSPS) is 19.6. The maximum absolute atomic E-state index is 12.1. The Morgan fingerprint density at radius 1 is 1.44 bits per heavy atom. The highest BCUT2D eigenvalue weighted by Gasteiger charge is 2.46. The lowest BCUT2D eigenvalue weighted by Crippen LogP contribution is -2.33. The van der Waals surface area contributed by atoms with Crippen molar-refractivity contribution in [2.75, 3.05) is 11.4 Å². The second-order valence-corrected chi connectivity index (χ2v) is 5.70. The molecule has 1 heterocycles. The van der Waals surface area contributed by atoms with Gasteiger partial charge in [0, 0.05) is 29.1 Å². The van der Waals surface area contributed by atoms with Gasteiger partial charge in [-0.15, -0.1) is 0 Å². The molecule has 0 saturated heterocycles. The Balaban J connectivity index is 1.88. The van der Waals surface area contributed by atoms with Crippen molar-refractivity contribution in [1.82, 2.24) is 0 Å². The summed E-state index contributed by atoms with van der Waals surface area (Å²) in [6.07, 6.45) is 3.07. The minimum atomic E-state index is 0.0360. The van der Waals surface area contributed by atoms with Crippen molar-refractivity contribution >= 4 is 23.2 Å². The summed E-state index contributed by atoms with van der Waals surface area (Å²) in [5.74, 6) is 0.122. The Kier molecular flexibility index (Phi) is 2.57. The molecule has 0 unspecified atom stereocenters. The number of benzene rings is 1. The van der Waals surface area contributed by atoms with E-state index < -0.39 is 0 Å². The van der Waals surface area contributed by atoms with E-state index in [1.54, 1.807) is 0 Å². The molecular formula is C14H13ClN2O. The summed E-state index contributed by atoms with van der Waals surface area (Å²) in [5, 5.41) is 9.50. The SMILES string of the molecule is N#CCC1(CN2C(=O)Cc3ccc(Cl)cc32)CC1. The van der Waals surface area contributed by atoms with E-state index in [1.807, 2.05) is 23.1 Å². The van der Waals surface area contributed by atoms with Crippen molar-refractivity contribution in [3.05, 3.63) is 28.8 Å².